The van der Waals surface area contributed by atoms with Crippen molar-refractivity contribution >= 4 is 21.8 Å². The third-order valence-electron chi connectivity index (χ3n) is 2.57. The van der Waals surface area contributed by atoms with Gasteiger partial charge in [0.25, 0.3) is 5.91 Å². The van der Waals surface area contributed by atoms with Gasteiger partial charge in [0.05, 0.1) is 5.54 Å². The fraction of sp³-hybridized carbons (Fsp3) is 0.600. The van der Waals surface area contributed by atoms with E-state index in [1.54, 1.807) is 13.2 Å². The van der Waals surface area contributed by atoms with Crippen LogP contribution < -0.4 is 5.32 Å². The van der Waals surface area contributed by atoms with Gasteiger partial charge in [0, 0.05) is 18.5 Å². The Hall–Kier alpha value is -0.880. The Morgan fingerprint density at radius 1 is 1.75 bits per heavy atom. The van der Waals surface area contributed by atoms with Gasteiger partial charge < -0.3 is 14.6 Å². The van der Waals surface area contributed by atoms with Gasteiger partial charge in [-0.05, 0) is 12.8 Å². The van der Waals surface area contributed by atoms with E-state index >= 15 is 0 Å². The fourth-order valence-corrected chi connectivity index (χ4v) is 2.08. The molecule has 1 aromatic rings. The summed E-state index contributed by atoms with van der Waals surface area (Å²) in [5.41, 5.74) is 0.233. The SMILES string of the molecule is COCc1cc(C(=O)NC2(CBr)CC2)no1. The van der Waals surface area contributed by atoms with Crippen molar-refractivity contribution in [1.29, 1.82) is 0 Å². The molecule has 0 saturated heterocycles. The van der Waals surface area contributed by atoms with Crippen LogP contribution in [0.5, 0.6) is 0 Å². The number of methoxy groups -OCH3 is 1. The van der Waals surface area contributed by atoms with Crippen molar-refractivity contribution in [3.63, 3.8) is 0 Å². The van der Waals surface area contributed by atoms with Crippen LogP contribution in [0, 0.1) is 0 Å². The van der Waals surface area contributed by atoms with Crippen molar-refractivity contribution < 1.29 is 14.1 Å². The molecule has 88 valence electrons. The number of carbonyl (C=O) groups is 1. The lowest BCUT2D eigenvalue weighted by Crippen LogP contribution is -2.38. The van der Waals surface area contributed by atoms with Gasteiger partial charge in [-0.2, -0.15) is 0 Å². The third-order valence-corrected chi connectivity index (χ3v) is 3.64. The smallest absolute Gasteiger partial charge is 0.273 e. The lowest BCUT2D eigenvalue weighted by Gasteiger charge is -2.12. The summed E-state index contributed by atoms with van der Waals surface area (Å²) in [6.45, 7) is 0.323. The average Bonchev–Trinajstić information content (AvgIpc) is 2.88. The van der Waals surface area contributed by atoms with Crippen molar-refractivity contribution in [1.82, 2.24) is 10.5 Å². The zero-order valence-electron chi connectivity index (χ0n) is 8.96. The van der Waals surface area contributed by atoms with Crippen molar-refractivity contribution in [2.24, 2.45) is 0 Å². The molecule has 1 fully saturated rings. The second kappa shape index (κ2) is 4.55. The molecule has 1 aromatic heterocycles. The summed E-state index contributed by atoms with van der Waals surface area (Å²) in [7, 11) is 1.56. The van der Waals surface area contributed by atoms with Crippen LogP contribution in [0.2, 0.25) is 0 Å². The Morgan fingerprint density at radius 2 is 2.50 bits per heavy atom. The number of aromatic nitrogens is 1. The first-order chi connectivity index (χ1) is 7.69. The molecule has 16 heavy (non-hydrogen) atoms. The first-order valence-corrected chi connectivity index (χ1v) is 6.14. The second-order valence-corrected chi connectivity index (χ2v) is 4.54. The summed E-state index contributed by atoms with van der Waals surface area (Å²) in [5.74, 6) is 0.361. The quantitative estimate of drug-likeness (QED) is 0.834. The summed E-state index contributed by atoms with van der Waals surface area (Å²) in [5, 5.41) is 7.41. The van der Waals surface area contributed by atoms with Crippen molar-refractivity contribution in [3.05, 3.63) is 17.5 Å². The highest BCUT2D eigenvalue weighted by molar-refractivity contribution is 9.09. The van der Waals surface area contributed by atoms with Crippen LogP contribution in [-0.2, 0) is 11.3 Å². The van der Waals surface area contributed by atoms with Crippen LogP contribution in [0.3, 0.4) is 0 Å². The summed E-state index contributed by atoms with van der Waals surface area (Å²) in [4.78, 5) is 11.8. The summed E-state index contributed by atoms with van der Waals surface area (Å²) >= 11 is 3.39. The molecule has 1 N–H and O–H groups in total. The molecule has 0 unspecified atom stereocenters. The van der Waals surface area contributed by atoms with E-state index in [1.807, 2.05) is 0 Å². The number of nitrogens with one attached hydrogen (secondary N) is 1. The highest BCUT2D eigenvalue weighted by Crippen LogP contribution is 2.37. The molecule has 0 spiro atoms. The number of amides is 1. The molecule has 6 heteroatoms. The highest BCUT2D eigenvalue weighted by atomic mass is 79.9. The maximum absolute atomic E-state index is 11.8. The number of carbonyl (C=O) groups excluding carboxylic acids is 1. The first kappa shape index (κ1) is 11.6. The van der Waals surface area contributed by atoms with E-state index in [0.717, 1.165) is 18.2 Å². The summed E-state index contributed by atoms with van der Waals surface area (Å²) in [6, 6.07) is 1.60. The van der Waals surface area contributed by atoms with E-state index < -0.39 is 0 Å². The zero-order chi connectivity index (χ0) is 11.6. The molecule has 2 rings (SSSR count). The maximum Gasteiger partial charge on any atom is 0.273 e. The van der Waals surface area contributed by atoms with Gasteiger partial charge in [-0.1, -0.05) is 21.1 Å². The lowest BCUT2D eigenvalue weighted by atomic mass is 10.3. The normalized spacial score (nSPS) is 17.1. The Labute approximate surface area is 102 Å². The van der Waals surface area contributed by atoms with Crippen LogP contribution in [0.1, 0.15) is 29.1 Å². The number of ether oxygens (including phenoxy) is 1. The van der Waals surface area contributed by atoms with Crippen molar-refractivity contribution in [3.8, 4) is 0 Å². The molecule has 1 heterocycles. The number of rotatable bonds is 5. The van der Waals surface area contributed by atoms with Crippen LogP contribution in [-0.4, -0.2) is 29.0 Å². The van der Waals surface area contributed by atoms with Gasteiger partial charge >= 0.3 is 0 Å². The first-order valence-electron chi connectivity index (χ1n) is 5.02. The van der Waals surface area contributed by atoms with E-state index in [-0.39, 0.29) is 11.4 Å². The van der Waals surface area contributed by atoms with Crippen LogP contribution in [0.4, 0.5) is 0 Å². The number of nitrogens with zero attached hydrogens (tertiary/aromatic N) is 1. The molecule has 1 amide bonds. The van der Waals surface area contributed by atoms with Crippen LogP contribution in [0.15, 0.2) is 10.6 Å². The number of hydrogen-bond donors (Lipinski definition) is 1. The number of alkyl halides is 1. The third kappa shape index (κ3) is 2.44. The van der Waals surface area contributed by atoms with E-state index in [4.69, 9.17) is 9.26 Å². The fourth-order valence-electron chi connectivity index (χ4n) is 1.38. The van der Waals surface area contributed by atoms with Gasteiger partial charge in [-0.25, -0.2) is 0 Å². The Morgan fingerprint density at radius 3 is 3.06 bits per heavy atom. The standard InChI is InChI=1S/C10H13BrN2O3/c1-15-5-7-4-8(13-16-7)9(14)12-10(6-11)2-3-10/h4H,2-3,5-6H2,1H3,(H,12,14). The molecule has 5 nitrogen and oxygen atoms in total. The minimum atomic E-state index is -0.192. The Bertz CT molecular complexity index is 387. The van der Waals surface area contributed by atoms with Gasteiger partial charge in [-0.15, -0.1) is 0 Å². The largest absolute Gasteiger partial charge is 0.377 e. The monoisotopic (exact) mass is 288 g/mol. The molecular formula is C10H13BrN2O3. The predicted octanol–water partition coefficient (Wildman–Crippen LogP) is 1.48. The van der Waals surface area contributed by atoms with Gasteiger partial charge in [-0.3, -0.25) is 4.79 Å². The van der Waals surface area contributed by atoms with Crippen molar-refractivity contribution in [2.75, 3.05) is 12.4 Å². The minimum absolute atomic E-state index is 0.0720. The highest BCUT2D eigenvalue weighted by Gasteiger charge is 2.43. The zero-order valence-corrected chi connectivity index (χ0v) is 10.5. The van der Waals surface area contributed by atoms with E-state index in [9.17, 15) is 4.79 Å². The van der Waals surface area contributed by atoms with Gasteiger partial charge in [0.2, 0.25) is 0 Å². The topological polar surface area (TPSA) is 64.4 Å². The van der Waals surface area contributed by atoms with Crippen molar-refractivity contribution in [2.45, 2.75) is 25.0 Å². The molecular weight excluding hydrogens is 276 g/mol. The molecule has 1 saturated carbocycles. The van der Waals surface area contributed by atoms with E-state index in [1.165, 1.54) is 0 Å². The summed E-state index contributed by atoms with van der Waals surface area (Å²) in [6.07, 6.45) is 2.01. The number of halogens is 1. The molecule has 0 bridgehead atoms. The second-order valence-electron chi connectivity index (χ2n) is 3.98. The Kier molecular flexibility index (Phi) is 3.30. The maximum atomic E-state index is 11.8. The molecule has 0 radical (unpaired) electrons. The van der Waals surface area contributed by atoms with E-state index in [2.05, 4.69) is 26.4 Å². The minimum Gasteiger partial charge on any atom is -0.377 e. The lowest BCUT2D eigenvalue weighted by molar-refractivity contribution is 0.0926. The van der Waals surface area contributed by atoms with Gasteiger partial charge in [0.1, 0.15) is 6.61 Å². The van der Waals surface area contributed by atoms with Crippen LogP contribution in [0.25, 0.3) is 0 Å². The number of hydrogen-bond acceptors (Lipinski definition) is 4. The summed E-state index contributed by atoms with van der Waals surface area (Å²) < 4.78 is 9.83. The van der Waals surface area contributed by atoms with E-state index in [0.29, 0.717) is 18.1 Å². The molecule has 0 aromatic carbocycles. The van der Waals surface area contributed by atoms with Crippen LogP contribution >= 0.6 is 15.9 Å². The molecule has 0 aliphatic heterocycles. The Balaban J connectivity index is 1.98. The van der Waals surface area contributed by atoms with Gasteiger partial charge in [0.15, 0.2) is 11.5 Å². The molecule has 1 aliphatic carbocycles. The molecule has 0 atom stereocenters. The predicted molar refractivity (Wildman–Crippen MR) is 60.4 cm³/mol. The average molecular weight is 289 g/mol. The molecule has 1 aliphatic rings.